The van der Waals surface area contributed by atoms with Crippen LogP contribution < -0.4 is 5.32 Å². The summed E-state index contributed by atoms with van der Waals surface area (Å²) in [5.74, 6) is -2.17. The first-order chi connectivity index (χ1) is 15.8. The zero-order chi connectivity index (χ0) is 25.3. The third kappa shape index (κ3) is 5.56. The second kappa shape index (κ2) is 9.45. The lowest BCUT2D eigenvalue weighted by molar-refractivity contribution is -0.139. The molecule has 2 aromatic carbocycles. The van der Waals surface area contributed by atoms with Crippen molar-refractivity contribution in [2.75, 3.05) is 0 Å². The first-order valence-corrected chi connectivity index (χ1v) is 10.1. The predicted molar refractivity (Wildman–Crippen MR) is 111 cm³/mol. The third-order valence-electron chi connectivity index (χ3n) is 4.73. The molecule has 0 saturated carbocycles. The Morgan fingerprint density at radius 2 is 1.59 bits per heavy atom. The second-order valence-electron chi connectivity index (χ2n) is 6.96. The van der Waals surface area contributed by atoms with Gasteiger partial charge in [-0.3, -0.25) is 9.78 Å². The van der Waals surface area contributed by atoms with E-state index in [0.717, 1.165) is 48.7 Å². The maximum Gasteiger partial charge on any atom is 0.418 e. The van der Waals surface area contributed by atoms with Gasteiger partial charge in [0, 0.05) is 16.2 Å². The van der Waals surface area contributed by atoms with Crippen LogP contribution in [0.4, 0.5) is 26.3 Å². The van der Waals surface area contributed by atoms with E-state index in [4.69, 9.17) is 5.11 Å². The molecule has 1 amide bonds. The number of rotatable bonds is 5. The van der Waals surface area contributed by atoms with Crippen molar-refractivity contribution in [2.45, 2.75) is 18.4 Å². The van der Waals surface area contributed by atoms with E-state index in [9.17, 15) is 35.9 Å². The van der Waals surface area contributed by atoms with Crippen LogP contribution in [0.3, 0.4) is 0 Å². The highest BCUT2D eigenvalue weighted by Gasteiger charge is 2.37. The van der Waals surface area contributed by atoms with Crippen molar-refractivity contribution in [1.82, 2.24) is 10.3 Å². The van der Waals surface area contributed by atoms with Crippen molar-refractivity contribution in [3.8, 4) is 0 Å². The molecule has 0 fully saturated rings. The summed E-state index contributed by atoms with van der Waals surface area (Å²) in [4.78, 5) is 27.8. The number of carbonyl (C=O) groups excluding carboxylic acids is 1. The predicted octanol–water partition coefficient (Wildman–Crippen LogP) is 6.10. The minimum absolute atomic E-state index is 0.0487. The van der Waals surface area contributed by atoms with Crippen LogP contribution in [0, 0.1) is 0 Å². The van der Waals surface area contributed by atoms with Crippen LogP contribution in [-0.2, 0) is 12.4 Å². The average molecular weight is 547 g/mol. The molecule has 3 aromatic rings. The molecule has 0 spiro atoms. The van der Waals surface area contributed by atoms with Gasteiger partial charge in [0.25, 0.3) is 5.91 Å². The Hall–Kier alpha value is -3.41. The minimum atomic E-state index is -4.86. The number of nitrogens with one attached hydrogen (secondary N) is 1. The number of alkyl halides is 6. The molecular formula is C22H13BrF6N2O3. The highest BCUT2D eigenvalue weighted by molar-refractivity contribution is 9.10. The lowest BCUT2D eigenvalue weighted by Crippen LogP contribution is -2.31. The van der Waals surface area contributed by atoms with Gasteiger partial charge in [0.15, 0.2) is 0 Å². The van der Waals surface area contributed by atoms with E-state index >= 15 is 0 Å². The first kappa shape index (κ1) is 25.2. The van der Waals surface area contributed by atoms with Gasteiger partial charge < -0.3 is 10.4 Å². The Bertz CT molecular complexity index is 1230. The van der Waals surface area contributed by atoms with Gasteiger partial charge in [-0.25, -0.2) is 4.79 Å². The van der Waals surface area contributed by atoms with Crippen molar-refractivity contribution in [3.05, 3.63) is 98.8 Å². The van der Waals surface area contributed by atoms with Gasteiger partial charge >= 0.3 is 18.3 Å². The fourth-order valence-electron chi connectivity index (χ4n) is 3.11. The second-order valence-corrected chi connectivity index (χ2v) is 7.81. The summed E-state index contributed by atoms with van der Waals surface area (Å²) in [6, 6.07) is 6.91. The Kier molecular flexibility index (Phi) is 7.01. The Morgan fingerprint density at radius 3 is 2.12 bits per heavy atom. The van der Waals surface area contributed by atoms with Crippen molar-refractivity contribution in [2.24, 2.45) is 0 Å². The summed E-state index contributed by atoms with van der Waals surface area (Å²) in [6.45, 7) is 0. The van der Waals surface area contributed by atoms with E-state index in [2.05, 4.69) is 26.2 Å². The molecule has 12 heteroatoms. The molecule has 34 heavy (non-hydrogen) atoms. The summed E-state index contributed by atoms with van der Waals surface area (Å²) in [5.41, 5.74) is -3.15. The molecule has 1 heterocycles. The van der Waals surface area contributed by atoms with Crippen LogP contribution in [0.1, 0.15) is 49.1 Å². The molecule has 2 N–H and O–H groups in total. The van der Waals surface area contributed by atoms with Crippen molar-refractivity contribution in [3.63, 3.8) is 0 Å². The zero-order valence-electron chi connectivity index (χ0n) is 16.7. The molecule has 0 aliphatic carbocycles. The van der Waals surface area contributed by atoms with E-state index < -0.39 is 47.1 Å². The van der Waals surface area contributed by atoms with Gasteiger partial charge in [0.05, 0.1) is 28.4 Å². The highest BCUT2D eigenvalue weighted by atomic mass is 79.9. The summed E-state index contributed by atoms with van der Waals surface area (Å²) in [5, 5.41) is 11.5. The number of benzene rings is 2. The van der Waals surface area contributed by atoms with Crippen molar-refractivity contribution >= 4 is 27.8 Å². The molecule has 178 valence electrons. The molecule has 1 aromatic heterocycles. The van der Waals surface area contributed by atoms with Gasteiger partial charge in [0.2, 0.25) is 0 Å². The number of nitrogens with zero attached hydrogens (tertiary/aromatic N) is 1. The lowest BCUT2D eigenvalue weighted by atomic mass is 9.97. The number of carbonyl (C=O) groups is 2. The maximum atomic E-state index is 13.6. The average Bonchev–Trinajstić information content (AvgIpc) is 2.76. The number of amides is 1. The van der Waals surface area contributed by atoms with E-state index in [1.807, 2.05) is 0 Å². The fraction of sp³-hybridized carbons (Fsp3) is 0.136. The Morgan fingerprint density at radius 1 is 0.941 bits per heavy atom. The zero-order valence-corrected chi connectivity index (χ0v) is 18.3. The number of hydrogen-bond acceptors (Lipinski definition) is 3. The summed E-state index contributed by atoms with van der Waals surface area (Å²) < 4.78 is 79.7. The van der Waals surface area contributed by atoms with Crippen LogP contribution >= 0.6 is 15.9 Å². The summed E-state index contributed by atoms with van der Waals surface area (Å²) in [7, 11) is 0. The molecule has 0 bridgehead atoms. The van der Waals surface area contributed by atoms with Gasteiger partial charge in [-0.15, -0.1) is 0 Å². The first-order valence-electron chi connectivity index (χ1n) is 9.32. The molecule has 1 atom stereocenters. The van der Waals surface area contributed by atoms with Gasteiger partial charge in [-0.2, -0.15) is 26.3 Å². The third-order valence-corrected chi connectivity index (χ3v) is 5.38. The monoisotopic (exact) mass is 546 g/mol. The van der Waals surface area contributed by atoms with Crippen LogP contribution in [-0.4, -0.2) is 22.0 Å². The number of hydrogen-bond donors (Lipinski definition) is 2. The SMILES string of the molecule is O=C(NC(c1ccc(C(F)(F)F)cc1)c1ncccc1C(F)(F)F)c1ccc(C(=O)O)c(Br)c1. The number of carboxylic acids is 1. The standard InChI is InChI=1S/C22H13BrF6N2O3/c23-16-10-12(5-8-14(16)20(33)34)19(32)31-17(11-3-6-13(7-4-11)21(24,25)26)18-15(22(27,28)29)2-1-9-30-18/h1-10,17H,(H,31,32)(H,33,34). The van der Waals surface area contributed by atoms with Gasteiger partial charge in [-0.05, 0) is 64.0 Å². The van der Waals surface area contributed by atoms with Crippen LogP contribution in [0.2, 0.25) is 0 Å². The highest BCUT2D eigenvalue weighted by Crippen LogP contribution is 2.36. The topological polar surface area (TPSA) is 79.3 Å². The van der Waals surface area contributed by atoms with E-state index in [1.54, 1.807) is 0 Å². The van der Waals surface area contributed by atoms with Crippen molar-refractivity contribution < 1.29 is 41.0 Å². The summed E-state index contributed by atoms with van der Waals surface area (Å²) in [6.07, 6.45) is -8.46. The van der Waals surface area contributed by atoms with E-state index in [-0.39, 0.29) is 21.2 Å². The fourth-order valence-corrected chi connectivity index (χ4v) is 3.65. The number of aromatic nitrogens is 1. The normalized spacial score (nSPS) is 12.8. The lowest BCUT2D eigenvalue weighted by Gasteiger charge is -2.23. The molecule has 5 nitrogen and oxygen atoms in total. The molecule has 1 unspecified atom stereocenters. The van der Waals surface area contributed by atoms with Crippen LogP contribution in [0.25, 0.3) is 0 Å². The smallest absolute Gasteiger partial charge is 0.418 e. The number of carboxylic acid groups (broad SMARTS) is 1. The molecule has 3 rings (SSSR count). The molecule has 0 saturated heterocycles. The Balaban J connectivity index is 2.07. The number of aromatic carboxylic acids is 1. The maximum absolute atomic E-state index is 13.6. The van der Waals surface area contributed by atoms with Crippen molar-refractivity contribution in [1.29, 1.82) is 0 Å². The van der Waals surface area contributed by atoms with E-state index in [1.165, 1.54) is 0 Å². The number of pyridine rings is 1. The Labute approximate surface area is 196 Å². The number of halogens is 7. The van der Waals surface area contributed by atoms with Crippen LogP contribution in [0.15, 0.2) is 65.3 Å². The largest absolute Gasteiger partial charge is 0.478 e. The molecule has 0 aliphatic heterocycles. The van der Waals surface area contributed by atoms with Gasteiger partial charge in [0.1, 0.15) is 0 Å². The van der Waals surface area contributed by atoms with E-state index in [0.29, 0.717) is 12.1 Å². The summed E-state index contributed by atoms with van der Waals surface area (Å²) >= 11 is 3.01. The molecule has 0 aliphatic rings. The minimum Gasteiger partial charge on any atom is -0.478 e. The quantitative estimate of drug-likeness (QED) is 0.379. The molecular weight excluding hydrogens is 534 g/mol. The van der Waals surface area contributed by atoms with Crippen LogP contribution in [0.5, 0.6) is 0 Å². The molecule has 0 radical (unpaired) electrons. The van der Waals surface area contributed by atoms with Gasteiger partial charge in [-0.1, -0.05) is 12.1 Å².